The van der Waals surface area contributed by atoms with E-state index >= 15 is 0 Å². The smallest absolute Gasteiger partial charge is 0.251 e. The topological polar surface area (TPSA) is 59.1 Å². The van der Waals surface area contributed by atoms with E-state index in [1.54, 1.807) is 12.3 Å². The number of nitrogens with one attached hydrogen (secondary N) is 1. The van der Waals surface area contributed by atoms with Gasteiger partial charge in [-0.3, -0.25) is 14.0 Å². The van der Waals surface area contributed by atoms with Crippen molar-refractivity contribution in [3.8, 4) is 0 Å². The summed E-state index contributed by atoms with van der Waals surface area (Å²) in [6.07, 6.45) is 1.70. The minimum atomic E-state index is -0.964. The highest BCUT2D eigenvalue weighted by molar-refractivity contribution is 7.86. The van der Waals surface area contributed by atoms with E-state index in [1.807, 2.05) is 45.0 Å². The standard InChI is InChI=1S/C16H20N2O2S/c1-16(2,3)21(20)11-10-18-15(19)13-6-4-8-14-12(13)7-5-9-17-14/h4-9H,10-11H2,1-3H3,(H,18,19). The lowest BCUT2D eigenvalue weighted by atomic mass is 10.1. The van der Waals surface area contributed by atoms with Crippen LogP contribution in [0, 0.1) is 0 Å². The molecule has 0 aliphatic rings. The zero-order valence-electron chi connectivity index (χ0n) is 12.6. The van der Waals surface area contributed by atoms with E-state index < -0.39 is 10.8 Å². The molecule has 1 amide bonds. The number of benzene rings is 1. The fourth-order valence-electron chi connectivity index (χ4n) is 1.96. The molecule has 5 heteroatoms. The quantitative estimate of drug-likeness (QED) is 0.944. The van der Waals surface area contributed by atoms with Gasteiger partial charge in [0.05, 0.1) is 5.52 Å². The summed E-state index contributed by atoms with van der Waals surface area (Å²) < 4.78 is 11.7. The van der Waals surface area contributed by atoms with Gasteiger partial charge < -0.3 is 5.32 Å². The Labute approximate surface area is 127 Å². The Morgan fingerprint density at radius 1 is 1.24 bits per heavy atom. The third-order valence-electron chi connectivity index (χ3n) is 3.15. The van der Waals surface area contributed by atoms with Crippen LogP contribution >= 0.6 is 0 Å². The van der Waals surface area contributed by atoms with Crippen molar-refractivity contribution < 1.29 is 9.00 Å². The van der Waals surface area contributed by atoms with Crippen molar-refractivity contribution in [2.24, 2.45) is 0 Å². The molecule has 2 aromatic rings. The van der Waals surface area contributed by atoms with Crippen molar-refractivity contribution in [2.45, 2.75) is 25.5 Å². The van der Waals surface area contributed by atoms with E-state index in [1.165, 1.54) is 0 Å². The van der Waals surface area contributed by atoms with Crippen LogP contribution in [0.15, 0.2) is 36.5 Å². The van der Waals surface area contributed by atoms with Crippen LogP contribution in [-0.4, -0.2) is 32.1 Å². The number of carbonyl (C=O) groups excluding carboxylic acids is 1. The Balaban J connectivity index is 2.05. The van der Waals surface area contributed by atoms with Crippen molar-refractivity contribution in [3.05, 3.63) is 42.1 Å². The van der Waals surface area contributed by atoms with Gasteiger partial charge in [-0.05, 0) is 39.0 Å². The molecule has 21 heavy (non-hydrogen) atoms. The van der Waals surface area contributed by atoms with Crippen molar-refractivity contribution in [3.63, 3.8) is 0 Å². The van der Waals surface area contributed by atoms with Crippen molar-refractivity contribution in [1.29, 1.82) is 0 Å². The van der Waals surface area contributed by atoms with Gasteiger partial charge in [0, 0.05) is 45.0 Å². The summed E-state index contributed by atoms with van der Waals surface area (Å²) in [6.45, 7) is 6.20. The summed E-state index contributed by atoms with van der Waals surface area (Å²) in [5, 5.41) is 3.66. The Morgan fingerprint density at radius 3 is 2.71 bits per heavy atom. The zero-order valence-corrected chi connectivity index (χ0v) is 13.4. The van der Waals surface area contributed by atoms with E-state index in [-0.39, 0.29) is 10.7 Å². The van der Waals surface area contributed by atoms with Crippen LogP contribution in [-0.2, 0) is 10.8 Å². The van der Waals surface area contributed by atoms with Gasteiger partial charge in [-0.25, -0.2) is 0 Å². The summed E-state index contributed by atoms with van der Waals surface area (Å²) in [7, 11) is -0.964. The highest BCUT2D eigenvalue weighted by atomic mass is 32.2. The number of hydrogen-bond acceptors (Lipinski definition) is 3. The molecule has 0 radical (unpaired) electrons. The SMILES string of the molecule is CC(C)(C)S(=O)CCNC(=O)c1cccc2ncccc12. The predicted molar refractivity (Wildman–Crippen MR) is 86.8 cm³/mol. The number of aromatic nitrogens is 1. The highest BCUT2D eigenvalue weighted by Crippen LogP contribution is 2.16. The number of amides is 1. The molecule has 0 aliphatic carbocycles. The average molecular weight is 304 g/mol. The minimum Gasteiger partial charge on any atom is -0.351 e. The zero-order chi connectivity index (χ0) is 15.5. The molecule has 1 unspecified atom stereocenters. The normalized spacial score (nSPS) is 13.1. The molecule has 1 N–H and O–H groups in total. The molecule has 1 aromatic heterocycles. The number of rotatable bonds is 4. The minimum absolute atomic E-state index is 0.153. The number of carbonyl (C=O) groups is 1. The maximum Gasteiger partial charge on any atom is 0.251 e. The molecule has 0 bridgehead atoms. The monoisotopic (exact) mass is 304 g/mol. The number of fused-ring (bicyclic) bond motifs is 1. The van der Waals surface area contributed by atoms with Gasteiger partial charge in [0.15, 0.2) is 0 Å². The number of nitrogens with zero attached hydrogens (tertiary/aromatic N) is 1. The maximum atomic E-state index is 12.3. The van der Waals surface area contributed by atoms with Crippen LogP contribution in [0.2, 0.25) is 0 Å². The first-order valence-electron chi connectivity index (χ1n) is 6.90. The van der Waals surface area contributed by atoms with E-state index in [4.69, 9.17) is 0 Å². The van der Waals surface area contributed by atoms with E-state index in [0.29, 0.717) is 17.9 Å². The first kappa shape index (κ1) is 15.6. The van der Waals surface area contributed by atoms with Crippen LogP contribution in [0.25, 0.3) is 10.9 Å². The molecule has 0 fully saturated rings. The molecule has 1 heterocycles. The molecule has 4 nitrogen and oxygen atoms in total. The van der Waals surface area contributed by atoms with Crippen LogP contribution in [0.4, 0.5) is 0 Å². The van der Waals surface area contributed by atoms with Gasteiger partial charge in [-0.1, -0.05) is 12.1 Å². The molecule has 2 rings (SSSR count). The molecule has 1 atom stereocenters. The van der Waals surface area contributed by atoms with Crippen molar-refractivity contribution in [2.75, 3.05) is 12.3 Å². The van der Waals surface area contributed by atoms with E-state index in [2.05, 4.69) is 10.3 Å². The Bertz CT molecular complexity index is 672. The van der Waals surface area contributed by atoms with Crippen LogP contribution < -0.4 is 5.32 Å². The summed E-state index contributed by atoms with van der Waals surface area (Å²) in [5.74, 6) is 0.303. The second kappa shape index (κ2) is 6.35. The lowest BCUT2D eigenvalue weighted by Gasteiger charge is -2.17. The average Bonchev–Trinajstić information content (AvgIpc) is 2.45. The maximum absolute atomic E-state index is 12.3. The van der Waals surface area contributed by atoms with Crippen LogP contribution in [0.3, 0.4) is 0 Å². The fourth-order valence-corrected chi connectivity index (χ4v) is 2.86. The second-order valence-corrected chi connectivity index (χ2v) is 8.12. The molecule has 0 spiro atoms. The lowest BCUT2D eigenvalue weighted by Crippen LogP contribution is -2.32. The molecule has 0 saturated heterocycles. The van der Waals surface area contributed by atoms with E-state index in [0.717, 1.165) is 10.9 Å². The lowest BCUT2D eigenvalue weighted by molar-refractivity contribution is 0.0957. The third-order valence-corrected chi connectivity index (χ3v) is 5.09. The second-order valence-electron chi connectivity index (χ2n) is 5.79. The third kappa shape index (κ3) is 3.88. The largest absolute Gasteiger partial charge is 0.351 e. The highest BCUT2D eigenvalue weighted by Gasteiger charge is 2.19. The van der Waals surface area contributed by atoms with Gasteiger partial charge in [-0.15, -0.1) is 0 Å². The molecular weight excluding hydrogens is 284 g/mol. The van der Waals surface area contributed by atoms with Gasteiger partial charge >= 0.3 is 0 Å². The molecule has 1 aromatic carbocycles. The molecule has 112 valence electrons. The first-order chi connectivity index (χ1) is 9.89. The summed E-state index contributed by atoms with van der Waals surface area (Å²) in [6, 6.07) is 9.16. The first-order valence-corrected chi connectivity index (χ1v) is 8.22. The van der Waals surface area contributed by atoms with Crippen LogP contribution in [0.5, 0.6) is 0 Å². The summed E-state index contributed by atoms with van der Waals surface area (Å²) in [4.78, 5) is 16.5. The van der Waals surface area contributed by atoms with Crippen LogP contribution in [0.1, 0.15) is 31.1 Å². The van der Waals surface area contributed by atoms with Gasteiger partial charge in [-0.2, -0.15) is 0 Å². The van der Waals surface area contributed by atoms with Crippen molar-refractivity contribution >= 4 is 27.6 Å². The fraction of sp³-hybridized carbons (Fsp3) is 0.375. The van der Waals surface area contributed by atoms with Gasteiger partial charge in [0.25, 0.3) is 5.91 Å². The Morgan fingerprint density at radius 2 is 2.00 bits per heavy atom. The summed E-state index contributed by atoms with van der Waals surface area (Å²) >= 11 is 0. The molecular formula is C16H20N2O2S. The number of pyridine rings is 1. The number of hydrogen-bond donors (Lipinski definition) is 1. The van der Waals surface area contributed by atoms with E-state index in [9.17, 15) is 9.00 Å². The molecule has 0 aliphatic heterocycles. The molecule has 0 saturated carbocycles. The summed E-state index contributed by atoms with van der Waals surface area (Å²) in [5.41, 5.74) is 1.39. The Kier molecular flexibility index (Phi) is 4.73. The predicted octanol–water partition coefficient (Wildman–Crippen LogP) is 2.51. The van der Waals surface area contributed by atoms with Gasteiger partial charge in [0.1, 0.15) is 0 Å². The van der Waals surface area contributed by atoms with Gasteiger partial charge in [0.2, 0.25) is 0 Å². The Hall–Kier alpha value is -1.75. The van der Waals surface area contributed by atoms with Crippen molar-refractivity contribution in [1.82, 2.24) is 10.3 Å².